The van der Waals surface area contributed by atoms with Crippen molar-refractivity contribution >= 4 is 35.1 Å². The van der Waals surface area contributed by atoms with Crippen LogP contribution in [0.3, 0.4) is 0 Å². The summed E-state index contributed by atoms with van der Waals surface area (Å²) >= 11 is 12.4. The van der Waals surface area contributed by atoms with Crippen molar-refractivity contribution in [3.8, 4) is 0 Å². The number of piperidine rings is 1. The monoisotopic (exact) mass is 418 g/mol. The van der Waals surface area contributed by atoms with Gasteiger partial charge in [0.1, 0.15) is 0 Å². The van der Waals surface area contributed by atoms with Crippen molar-refractivity contribution < 1.29 is 4.79 Å². The highest BCUT2D eigenvalue weighted by Crippen LogP contribution is 2.55. The molecule has 2 fully saturated rings. The van der Waals surface area contributed by atoms with Crippen LogP contribution in [0.2, 0.25) is 10.0 Å². The summed E-state index contributed by atoms with van der Waals surface area (Å²) in [7, 11) is 0. The van der Waals surface area contributed by atoms with Crippen molar-refractivity contribution in [3.63, 3.8) is 0 Å². The molecule has 2 aliphatic rings. The van der Waals surface area contributed by atoms with E-state index in [-0.39, 0.29) is 11.9 Å². The van der Waals surface area contributed by atoms with Crippen molar-refractivity contribution in [2.24, 2.45) is 5.41 Å². The van der Waals surface area contributed by atoms with E-state index in [9.17, 15) is 4.79 Å². The van der Waals surface area contributed by atoms with Gasteiger partial charge in [-0.1, -0.05) is 23.2 Å². The number of nitrogens with one attached hydrogen (secondary N) is 1. The van der Waals surface area contributed by atoms with Crippen LogP contribution in [-0.4, -0.2) is 39.9 Å². The van der Waals surface area contributed by atoms with Crippen LogP contribution in [0.15, 0.2) is 24.3 Å². The average molecular weight is 419 g/mol. The zero-order chi connectivity index (χ0) is 19.9. The van der Waals surface area contributed by atoms with E-state index in [1.165, 1.54) is 12.8 Å². The number of hydrogen-bond acceptors (Lipinski definition) is 4. The summed E-state index contributed by atoms with van der Waals surface area (Å²) in [5.74, 6) is 0.553. The van der Waals surface area contributed by atoms with Crippen LogP contribution in [0.25, 0.3) is 0 Å². The van der Waals surface area contributed by atoms with E-state index in [2.05, 4.69) is 15.3 Å². The van der Waals surface area contributed by atoms with Crippen molar-refractivity contribution in [1.29, 1.82) is 0 Å². The van der Waals surface area contributed by atoms with E-state index in [1.54, 1.807) is 18.2 Å². The fourth-order valence-corrected chi connectivity index (χ4v) is 4.53. The van der Waals surface area contributed by atoms with Gasteiger partial charge in [0.05, 0.1) is 10.6 Å². The van der Waals surface area contributed by atoms with Crippen molar-refractivity contribution in [2.75, 3.05) is 18.4 Å². The topological polar surface area (TPSA) is 58.1 Å². The number of anilines is 1. The van der Waals surface area contributed by atoms with E-state index in [0.29, 0.717) is 33.5 Å². The Bertz CT molecular complexity index is 893. The molecule has 0 bridgehead atoms. The van der Waals surface area contributed by atoms with Gasteiger partial charge in [0.25, 0.3) is 5.91 Å². The second-order valence-corrected chi connectivity index (χ2v) is 8.93. The minimum Gasteiger partial charge on any atom is -0.352 e. The molecule has 1 atom stereocenters. The first-order valence-corrected chi connectivity index (χ1v) is 10.4. The number of rotatable bonds is 4. The third-order valence-corrected chi connectivity index (χ3v) is 6.41. The lowest BCUT2D eigenvalue weighted by Crippen LogP contribution is -2.50. The molecule has 1 N–H and O–H groups in total. The number of nitrogens with zero attached hydrogens (tertiary/aromatic N) is 3. The van der Waals surface area contributed by atoms with E-state index in [1.807, 2.05) is 24.8 Å². The van der Waals surface area contributed by atoms with Gasteiger partial charge < -0.3 is 10.2 Å². The molecular formula is C21H24Cl2N4O. The number of carbonyl (C=O) groups excluding carboxylic acids is 1. The molecule has 1 aromatic carbocycles. The molecule has 5 nitrogen and oxygen atoms in total. The Hall–Kier alpha value is -1.85. The molecule has 1 spiro atoms. The molecule has 1 unspecified atom stereocenters. The lowest BCUT2D eigenvalue weighted by Gasteiger charge is -2.40. The molecule has 7 heteroatoms. The lowest BCUT2D eigenvalue weighted by molar-refractivity contribution is 0.0546. The quantitative estimate of drug-likeness (QED) is 0.766. The van der Waals surface area contributed by atoms with Crippen LogP contribution in [0.5, 0.6) is 0 Å². The Morgan fingerprint density at radius 2 is 1.89 bits per heavy atom. The predicted molar refractivity (Wildman–Crippen MR) is 112 cm³/mol. The first-order chi connectivity index (χ1) is 13.3. The maximum Gasteiger partial charge on any atom is 0.255 e. The van der Waals surface area contributed by atoms with Crippen LogP contribution in [-0.2, 0) is 0 Å². The van der Waals surface area contributed by atoms with Crippen molar-refractivity contribution in [1.82, 2.24) is 14.9 Å². The molecule has 4 rings (SSSR count). The summed E-state index contributed by atoms with van der Waals surface area (Å²) in [5, 5.41) is 4.30. The number of aromatic nitrogens is 2. The number of carbonyl (C=O) groups is 1. The Labute approximate surface area is 175 Å². The fraction of sp³-hybridized carbons (Fsp3) is 0.476. The first kappa shape index (κ1) is 19.5. The van der Waals surface area contributed by atoms with Crippen LogP contribution < -0.4 is 5.32 Å². The number of amides is 1. The van der Waals surface area contributed by atoms with E-state index < -0.39 is 0 Å². The second kappa shape index (κ2) is 7.53. The molecule has 1 saturated carbocycles. The number of benzene rings is 1. The molecule has 1 saturated heterocycles. The summed E-state index contributed by atoms with van der Waals surface area (Å²) in [6, 6.07) is 7.06. The Morgan fingerprint density at radius 3 is 2.57 bits per heavy atom. The Balaban J connectivity index is 1.54. The van der Waals surface area contributed by atoms with E-state index in [0.717, 1.165) is 30.8 Å². The molecule has 1 aliphatic carbocycles. The third-order valence-electron chi connectivity index (χ3n) is 5.85. The zero-order valence-corrected chi connectivity index (χ0v) is 17.6. The highest BCUT2D eigenvalue weighted by Gasteiger charge is 2.49. The van der Waals surface area contributed by atoms with Gasteiger partial charge in [-0.25, -0.2) is 9.97 Å². The normalized spacial score (nSPS) is 20.3. The second-order valence-electron chi connectivity index (χ2n) is 8.09. The molecule has 2 heterocycles. The first-order valence-electron chi connectivity index (χ1n) is 9.67. The standard InChI is InChI=1S/C21H24Cl2N4O/c1-13-9-14(2)26-20(25-13)24-12-16-11-21(5-6-21)7-8-27(16)19(28)17-10-15(22)3-4-18(17)23/h3-4,9-10,16H,5-8,11-12H2,1-2H3,(H,24,25,26). The highest BCUT2D eigenvalue weighted by atomic mass is 35.5. The molecule has 148 valence electrons. The van der Waals surface area contributed by atoms with Gasteiger partial charge in [-0.3, -0.25) is 4.79 Å². The molecule has 0 radical (unpaired) electrons. The average Bonchev–Trinajstić information content (AvgIpc) is 3.39. The summed E-state index contributed by atoms with van der Waals surface area (Å²) in [5.41, 5.74) is 2.73. The van der Waals surface area contributed by atoms with Gasteiger partial charge in [-0.15, -0.1) is 0 Å². The summed E-state index contributed by atoms with van der Waals surface area (Å²) in [4.78, 5) is 24.1. The molecule has 28 heavy (non-hydrogen) atoms. The minimum atomic E-state index is -0.0591. The van der Waals surface area contributed by atoms with Gasteiger partial charge in [0, 0.05) is 35.5 Å². The van der Waals surface area contributed by atoms with Gasteiger partial charge in [0.15, 0.2) is 0 Å². The zero-order valence-electron chi connectivity index (χ0n) is 16.1. The molecule has 2 aromatic rings. The summed E-state index contributed by atoms with van der Waals surface area (Å²) in [6.45, 7) is 5.27. The van der Waals surface area contributed by atoms with Gasteiger partial charge >= 0.3 is 0 Å². The number of aryl methyl sites for hydroxylation is 2. The smallest absolute Gasteiger partial charge is 0.255 e. The molecule has 1 aromatic heterocycles. The summed E-state index contributed by atoms with van der Waals surface area (Å²) < 4.78 is 0. The SMILES string of the molecule is Cc1cc(C)nc(NCC2CC3(CCN2C(=O)c2cc(Cl)ccc2Cl)CC3)n1. The predicted octanol–water partition coefficient (Wildman–Crippen LogP) is 4.90. The van der Waals surface area contributed by atoms with Gasteiger partial charge in [-0.05, 0) is 69.2 Å². The summed E-state index contributed by atoms with van der Waals surface area (Å²) in [6.07, 6.45) is 4.55. The van der Waals surface area contributed by atoms with Crippen LogP contribution >= 0.6 is 23.2 Å². The molecule has 1 aliphatic heterocycles. The number of halogens is 2. The van der Waals surface area contributed by atoms with Gasteiger partial charge in [0.2, 0.25) is 5.95 Å². The van der Waals surface area contributed by atoms with Crippen LogP contribution in [0.1, 0.15) is 47.4 Å². The molecule has 1 amide bonds. The van der Waals surface area contributed by atoms with Crippen molar-refractivity contribution in [3.05, 3.63) is 51.3 Å². The van der Waals surface area contributed by atoms with Crippen LogP contribution in [0.4, 0.5) is 5.95 Å². The minimum absolute atomic E-state index is 0.0591. The van der Waals surface area contributed by atoms with Crippen molar-refractivity contribution in [2.45, 2.75) is 45.6 Å². The Kier molecular flexibility index (Phi) is 5.23. The van der Waals surface area contributed by atoms with Crippen LogP contribution in [0, 0.1) is 19.3 Å². The highest BCUT2D eigenvalue weighted by molar-refractivity contribution is 6.35. The maximum absolute atomic E-state index is 13.3. The van der Waals surface area contributed by atoms with Gasteiger partial charge in [-0.2, -0.15) is 0 Å². The largest absolute Gasteiger partial charge is 0.352 e. The maximum atomic E-state index is 13.3. The number of likely N-dealkylation sites (tertiary alicyclic amines) is 1. The Morgan fingerprint density at radius 1 is 1.18 bits per heavy atom. The number of hydrogen-bond donors (Lipinski definition) is 1. The third kappa shape index (κ3) is 4.11. The lowest BCUT2D eigenvalue weighted by atomic mass is 9.87. The fourth-order valence-electron chi connectivity index (χ4n) is 4.16. The van der Waals surface area contributed by atoms with E-state index in [4.69, 9.17) is 23.2 Å². The van der Waals surface area contributed by atoms with E-state index >= 15 is 0 Å². The molecular weight excluding hydrogens is 395 g/mol.